The first-order valence-electron chi connectivity index (χ1n) is 10.1. The topological polar surface area (TPSA) is 23.4 Å². The average Bonchev–Trinajstić information content (AvgIpc) is 3.29. The minimum absolute atomic E-state index is 0.0751. The van der Waals surface area contributed by atoms with Gasteiger partial charge in [-0.3, -0.25) is 4.90 Å². The summed E-state index contributed by atoms with van der Waals surface area (Å²) in [6.45, 7) is 8.41. The lowest BCUT2D eigenvalue weighted by molar-refractivity contribution is 0.272. The highest BCUT2D eigenvalue weighted by atomic mass is 35.5. The Labute approximate surface area is 168 Å². The van der Waals surface area contributed by atoms with Crippen LogP contribution in [0.5, 0.6) is 0 Å². The van der Waals surface area contributed by atoms with E-state index in [0.717, 1.165) is 26.2 Å². The Morgan fingerprint density at radius 2 is 1.96 bits per heavy atom. The molecular formula is C22H31ClN4. The van der Waals surface area contributed by atoms with E-state index >= 15 is 0 Å². The van der Waals surface area contributed by atoms with Crippen molar-refractivity contribution < 1.29 is 0 Å². The van der Waals surface area contributed by atoms with Crippen molar-refractivity contribution in [2.45, 2.75) is 51.4 Å². The first-order valence-corrected chi connectivity index (χ1v) is 10.6. The molecule has 0 bridgehead atoms. The fourth-order valence-corrected chi connectivity index (χ4v) is 4.58. The second-order valence-electron chi connectivity index (χ2n) is 8.50. The van der Waals surface area contributed by atoms with Crippen LogP contribution >= 0.6 is 11.6 Å². The van der Waals surface area contributed by atoms with Gasteiger partial charge in [0.25, 0.3) is 0 Å². The number of nitrogens with one attached hydrogen (secondary N) is 1. The van der Waals surface area contributed by atoms with E-state index in [0.29, 0.717) is 12.0 Å². The van der Waals surface area contributed by atoms with Crippen LogP contribution in [0.15, 0.2) is 36.7 Å². The van der Waals surface area contributed by atoms with Crippen molar-refractivity contribution in [1.82, 2.24) is 14.8 Å². The van der Waals surface area contributed by atoms with Gasteiger partial charge >= 0.3 is 0 Å². The van der Waals surface area contributed by atoms with Gasteiger partial charge in [-0.15, -0.1) is 0 Å². The zero-order chi connectivity index (χ0) is 19.0. The maximum absolute atomic E-state index is 6.69. The number of benzene rings is 1. The van der Waals surface area contributed by atoms with Crippen molar-refractivity contribution in [3.63, 3.8) is 0 Å². The number of fused-ring (bicyclic) bond motifs is 1. The largest absolute Gasteiger partial charge is 0.347 e. The highest BCUT2D eigenvalue weighted by molar-refractivity contribution is 6.21. The molecule has 2 aromatic rings. The quantitative estimate of drug-likeness (QED) is 0.608. The van der Waals surface area contributed by atoms with Crippen LogP contribution in [0.1, 0.15) is 49.4 Å². The summed E-state index contributed by atoms with van der Waals surface area (Å²) in [4.78, 5) is 4.54. The Hall–Kier alpha value is -1.49. The molecule has 1 aromatic carbocycles. The van der Waals surface area contributed by atoms with Crippen molar-refractivity contribution in [1.29, 1.82) is 0 Å². The molecule has 27 heavy (non-hydrogen) atoms. The number of hydrogen-bond acceptors (Lipinski definition) is 3. The smallest absolute Gasteiger partial charge is 0.160 e. The maximum atomic E-state index is 6.69. The number of nitrogens with zero attached hydrogens (tertiary/aromatic N) is 3. The zero-order valence-corrected chi connectivity index (χ0v) is 17.4. The number of rotatable bonds is 5. The summed E-state index contributed by atoms with van der Waals surface area (Å²) in [5, 5.41) is 3.58. The van der Waals surface area contributed by atoms with Crippen molar-refractivity contribution in [3.05, 3.63) is 53.3 Å². The van der Waals surface area contributed by atoms with Gasteiger partial charge in [-0.2, -0.15) is 0 Å². The van der Waals surface area contributed by atoms with Gasteiger partial charge in [0.15, 0.2) is 5.62 Å². The Kier molecular flexibility index (Phi) is 5.49. The predicted octanol–water partition coefficient (Wildman–Crippen LogP) is 4.39. The molecule has 0 saturated carbocycles. The lowest BCUT2D eigenvalue weighted by Crippen LogP contribution is -2.47. The number of anilines is 1. The predicted molar refractivity (Wildman–Crippen MR) is 113 cm³/mol. The normalized spacial score (nSPS) is 23.2. The molecule has 4 nitrogen and oxygen atoms in total. The summed E-state index contributed by atoms with van der Waals surface area (Å²) in [6.07, 6.45) is 7.09. The fourth-order valence-electron chi connectivity index (χ4n) is 4.33. The molecule has 2 aliphatic heterocycles. The van der Waals surface area contributed by atoms with Crippen LogP contribution < -0.4 is 10.2 Å². The molecule has 2 aliphatic rings. The van der Waals surface area contributed by atoms with E-state index in [9.17, 15) is 0 Å². The van der Waals surface area contributed by atoms with E-state index in [1.807, 2.05) is 0 Å². The Morgan fingerprint density at radius 3 is 2.63 bits per heavy atom. The lowest BCUT2D eigenvalue weighted by Gasteiger charge is -2.40. The molecule has 0 aliphatic carbocycles. The van der Waals surface area contributed by atoms with Gasteiger partial charge in [-0.05, 0) is 43.5 Å². The lowest BCUT2D eigenvalue weighted by atomic mass is 10.0. The molecule has 1 N–H and O–H groups in total. The van der Waals surface area contributed by atoms with Crippen molar-refractivity contribution >= 4 is 17.3 Å². The van der Waals surface area contributed by atoms with Crippen molar-refractivity contribution in [2.75, 3.05) is 25.0 Å². The first kappa shape index (κ1) is 18.9. The van der Waals surface area contributed by atoms with Gasteiger partial charge < -0.3 is 14.8 Å². The first-order chi connectivity index (χ1) is 13.0. The second-order valence-corrected chi connectivity index (χ2v) is 8.89. The number of alkyl halides is 1. The fraction of sp³-hybridized carbons (Fsp3) is 0.545. The molecular weight excluding hydrogens is 356 g/mol. The molecule has 1 aromatic heterocycles. The standard InChI is InChI=1S/C22H31ClN4/c1-16(2)11-27-21-15-26(14-19(21)13-25(3)22(27)23)12-17-6-8-18(9-7-17)20-5-4-10-24-20/h6-9,14-16,20,22,24H,4-5,10-13H2,1-3H3. The molecule has 2 atom stereocenters. The summed E-state index contributed by atoms with van der Waals surface area (Å²) in [7, 11) is 2.10. The van der Waals surface area contributed by atoms with Crippen LogP contribution in [0.3, 0.4) is 0 Å². The average molecular weight is 387 g/mol. The van der Waals surface area contributed by atoms with Gasteiger partial charge in [0.1, 0.15) is 0 Å². The van der Waals surface area contributed by atoms with E-state index in [2.05, 4.69) is 77.2 Å². The van der Waals surface area contributed by atoms with E-state index in [1.165, 1.54) is 35.2 Å². The summed E-state index contributed by atoms with van der Waals surface area (Å²) in [5.74, 6) is 0.575. The zero-order valence-electron chi connectivity index (χ0n) is 16.7. The van der Waals surface area contributed by atoms with Crippen LogP contribution in [-0.4, -0.2) is 35.2 Å². The second kappa shape index (κ2) is 7.86. The number of hydrogen-bond donors (Lipinski definition) is 1. The van der Waals surface area contributed by atoms with E-state index in [4.69, 9.17) is 11.6 Å². The summed E-state index contributed by atoms with van der Waals surface area (Å²) < 4.78 is 2.31. The van der Waals surface area contributed by atoms with Crippen LogP contribution in [-0.2, 0) is 13.1 Å². The van der Waals surface area contributed by atoms with Crippen LogP contribution in [0.2, 0.25) is 0 Å². The molecule has 5 heteroatoms. The van der Waals surface area contributed by atoms with E-state index in [-0.39, 0.29) is 5.62 Å². The van der Waals surface area contributed by atoms with Crippen LogP contribution in [0.25, 0.3) is 0 Å². The third kappa shape index (κ3) is 4.03. The minimum atomic E-state index is -0.0751. The number of halogens is 1. The molecule has 0 spiro atoms. The Morgan fingerprint density at radius 1 is 1.19 bits per heavy atom. The van der Waals surface area contributed by atoms with Crippen molar-refractivity contribution in [2.24, 2.45) is 5.92 Å². The van der Waals surface area contributed by atoms with E-state index in [1.54, 1.807) is 0 Å². The van der Waals surface area contributed by atoms with Crippen LogP contribution in [0, 0.1) is 5.92 Å². The molecule has 3 heterocycles. The Bertz CT molecular complexity index is 761. The maximum Gasteiger partial charge on any atom is 0.160 e. The Balaban J connectivity index is 1.51. The molecule has 146 valence electrons. The van der Waals surface area contributed by atoms with Gasteiger partial charge in [0.05, 0.1) is 5.69 Å². The summed E-state index contributed by atoms with van der Waals surface area (Å²) in [5.41, 5.74) is 5.33. The van der Waals surface area contributed by atoms with Crippen molar-refractivity contribution in [3.8, 4) is 0 Å². The molecule has 4 rings (SSSR count). The van der Waals surface area contributed by atoms with E-state index < -0.39 is 0 Å². The van der Waals surface area contributed by atoms with Crippen LogP contribution in [0.4, 0.5) is 5.69 Å². The highest BCUT2D eigenvalue weighted by Crippen LogP contribution is 2.33. The van der Waals surface area contributed by atoms with Gasteiger partial charge in [-0.25, -0.2) is 0 Å². The minimum Gasteiger partial charge on any atom is -0.347 e. The molecule has 0 amide bonds. The molecule has 0 radical (unpaired) electrons. The molecule has 1 saturated heterocycles. The number of aromatic nitrogens is 1. The SMILES string of the molecule is CC(C)CN1c2cn(Cc3ccc(C4CCCN4)cc3)cc2CN(C)C1Cl. The molecule has 2 unspecified atom stereocenters. The summed E-state index contributed by atoms with van der Waals surface area (Å²) in [6, 6.07) is 9.66. The van der Waals surface area contributed by atoms with Gasteiger partial charge in [-0.1, -0.05) is 49.7 Å². The highest BCUT2D eigenvalue weighted by Gasteiger charge is 2.30. The third-order valence-corrected chi connectivity index (χ3v) is 6.23. The monoisotopic (exact) mass is 386 g/mol. The molecule has 1 fully saturated rings. The van der Waals surface area contributed by atoms with Gasteiger partial charge in [0.2, 0.25) is 0 Å². The van der Waals surface area contributed by atoms with Gasteiger partial charge in [0, 0.05) is 43.6 Å². The third-order valence-electron chi connectivity index (χ3n) is 5.66. The summed E-state index contributed by atoms with van der Waals surface area (Å²) >= 11 is 6.69.